The first-order valence-corrected chi connectivity index (χ1v) is 6.61. The second-order valence-electron chi connectivity index (χ2n) is 4.78. The quantitative estimate of drug-likeness (QED) is 0.734. The fourth-order valence-corrected chi connectivity index (χ4v) is 2.04. The molecule has 110 valence electrons. The molecule has 0 saturated heterocycles. The van der Waals surface area contributed by atoms with Crippen LogP contribution in [-0.2, 0) is 6.42 Å². The number of halogens is 1. The highest BCUT2D eigenvalue weighted by atomic mass is 19.1. The molecule has 4 nitrogen and oxygen atoms in total. The Kier molecular flexibility index (Phi) is 4.90. The van der Waals surface area contributed by atoms with Crippen LogP contribution in [0.4, 0.5) is 10.1 Å². The lowest BCUT2D eigenvalue weighted by atomic mass is 10.1. The van der Waals surface area contributed by atoms with Gasteiger partial charge in [-0.3, -0.25) is 4.79 Å². The van der Waals surface area contributed by atoms with Crippen molar-refractivity contribution < 1.29 is 14.3 Å². The molecular formula is C16H17FN2O2. The van der Waals surface area contributed by atoms with E-state index >= 15 is 0 Å². The average molecular weight is 288 g/mol. The summed E-state index contributed by atoms with van der Waals surface area (Å²) in [5.41, 5.74) is 6.60. The monoisotopic (exact) mass is 288 g/mol. The van der Waals surface area contributed by atoms with Crippen molar-refractivity contribution >= 4 is 11.6 Å². The van der Waals surface area contributed by atoms with Crippen molar-refractivity contribution in [2.45, 2.75) is 12.5 Å². The Labute approximate surface area is 122 Å². The SMILES string of the molecule is Nc1ccc(C(=O)N[C@@H](CO)Cc2ccccc2)c(F)c1. The van der Waals surface area contributed by atoms with Gasteiger partial charge >= 0.3 is 0 Å². The third kappa shape index (κ3) is 4.03. The van der Waals surface area contributed by atoms with Crippen LogP contribution in [0.3, 0.4) is 0 Å². The van der Waals surface area contributed by atoms with Crippen molar-refractivity contribution in [2.75, 3.05) is 12.3 Å². The highest BCUT2D eigenvalue weighted by molar-refractivity contribution is 5.95. The van der Waals surface area contributed by atoms with Crippen LogP contribution in [-0.4, -0.2) is 23.7 Å². The maximum absolute atomic E-state index is 13.7. The van der Waals surface area contributed by atoms with E-state index in [-0.39, 0.29) is 17.9 Å². The first-order valence-electron chi connectivity index (χ1n) is 6.61. The Morgan fingerprint density at radius 1 is 1.24 bits per heavy atom. The summed E-state index contributed by atoms with van der Waals surface area (Å²) in [6.45, 7) is -0.225. The molecule has 0 radical (unpaired) electrons. The normalized spacial score (nSPS) is 11.9. The fraction of sp³-hybridized carbons (Fsp3) is 0.188. The largest absolute Gasteiger partial charge is 0.399 e. The van der Waals surface area contributed by atoms with Crippen LogP contribution >= 0.6 is 0 Å². The molecule has 0 heterocycles. The van der Waals surface area contributed by atoms with Crippen LogP contribution in [0.15, 0.2) is 48.5 Å². The predicted molar refractivity (Wildman–Crippen MR) is 79.3 cm³/mol. The lowest BCUT2D eigenvalue weighted by Gasteiger charge is -2.16. The molecule has 0 unspecified atom stereocenters. The zero-order valence-corrected chi connectivity index (χ0v) is 11.4. The average Bonchev–Trinajstić information content (AvgIpc) is 2.47. The molecule has 0 saturated carbocycles. The number of aliphatic hydroxyl groups is 1. The van der Waals surface area contributed by atoms with Gasteiger partial charge in [-0.25, -0.2) is 4.39 Å². The molecule has 2 aromatic rings. The summed E-state index contributed by atoms with van der Waals surface area (Å²) < 4.78 is 13.7. The second kappa shape index (κ2) is 6.85. The smallest absolute Gasteiger partial charge is 0.254 e. The van der Waals surface area contributed by atoms with Crippen molar-refractivity contribution in [3.8, 4) is 0 Å². The lowest BCUT2D eigenvalue weighted by Crippen LogP contribution is -2.39. The number of aliphatic hydroxyl groups excluding tert-OH is 1. The number of hydrogen-bond donors (Lipinski definition) is 3. The van der Waals surface area contributed by atoms with Crippen LogP contribution < -0.4 is 11.1 Å². The molecule has 0 aliphatic rings. The van der Waals surface area contributed by atoms with Gasteiger partial charge in [0.15, 0.2) is 0 Å². The number of nitrogens with one attached hydrogen (secondary N) is 1. The fourth-order valence-electron chi connectivity index (χ4n) is 2.04. The molecule has 1 atom stereocenters. The summed E-state index contributed by atoms with van der Waals surface area (Å²) in [6.07, 6.45) is 0.472. The summed E-state index contributed by atoms with van der Waals surface area (Å²) in [5.74, 6) is -1.24. The third-order valence-electron chi connectivity index (χ3n) is 3.12. The summed E-state index contributed by atoms with van der Waals surface area (Å²) in [4.78, 5) is 12.0. The Hall–Kier alpha value is -2.40. The number of benzene rings is 2. The van der Waals surface area contributed by atoms with E-state index in [1.165, 1.54) is 12.1 Å². The molecular weight excluding hydrogens is 271 g/mol. The van der Waals surface area contributed by atoms with E-state index in [1.807, 2.05) is 30.3 Å². The molecule has 0 aliphatic carbocycles. The minimum atomic E-state index is -0.677. The van der Waals surface area contributed by atoms with Gasteiger partial charge in [-0.05, 0) is 30.2 Å². The van der Waals surface area contributed by atoms with Gasteiger partial charge < -0.3 is 16.2 Å². The Balaban J connectivity index is 2.06. The van der Waals surface area contributed by atoms with Gasteiger partial charge in [0, 0.05) is 5.69 Å². The highest BCUT2D eigenvalue weighted by Crippen LogP contribution is 2.12. The number of carbonyl (C=O) groups excluding carboxylic acids is 1. The molecule has 1 amide bonds. The topological polar surface area (TPSA) is 75.4 Å². The van der Waals surface area contributed by atoms with E-state index in [9.17, 15) is 14.3 Å². The molecule has 5 heteroatoms. The van der Waals surface area contributed by atoms with E-state index in [1.54, 1.807) is 0 Å². The lowest BCUT2D eigenvalue weighted by molar-refractivity contribution is 0.0912. The van der Waals surface area contributed by atoms with Crippen LogP contribution in [0.5, 0.6) is 0 Å². The van der Waals surface area contributed by atoms with Gasteiger partial charge in [0.1, 0.15) is 5.82 Å². The van der Waals surface area contributed by atoms with Crippen molar-refractivity contribution in [3.63, 3.8) is 0 Å². The maximum atomic E-state index is 13.7. The number of nitrogen functional groups attached to an aromatic ring is 1. The molecule has 2 aromatic carbocycles. The van der Waals surface area contributed by atoms with Gasteiger partial charge in [0.05, 0.1) is 18.2 Å². The molecule has 21 heavy (non-hydrogen) atoms. The summed E-state index contributed by atoms with van der Waals surface area (Å²) in [6, 6.07) is 12.9. The Morgan fingerprint density at radius 2 is 1.95 bits per heavy atom. The van der Waals surface area contributed by atoms with Crippen molar-refractivity contribution in [1.29, 1.82) is 0 Å². The van der Waals surface area contributed by atoms with Gasteiger partial charge in [-0.1, -0.05) is 30.3 Å². The Bertz CT molecular complexity index is 617. The molecule has 0 spiro atoms. The van der Waals surface area contributed by atoms with E-state index in [2.05, 4.69) is 5.32 Å². The predicted octanol–water partition coefficient (Wildman–Crippen LogP) is 1.74. The molecule has 0 bridgehead atoms. The van der Waals surface area contributed by atoms with E-state index in [4.69, 9.17) is 5.73 Å². The van der Waals surface area contributed by atoms with Gasteiger partial charge in [0.2, 0.25) is 0 Å². The van der Waals surface area contributed by atoms with Crippen molar-refractivity contribution in [1.82, 2.24) is 5.32 Å². The minimum absolute atomic E-state index is 0.0873. The summed E-state index contributed by atoms with van der Waals surface area (Å²) in [7, 11) is 0. The molecule has 2 rings (SSSR count). The number of hydrogen-bond acceptors (Lipinski definition) is 3. The molecule has 0 fully saturated rings. The van der Waals surface area contributed by atoms with Crippen molar-refractivity contribution in [3.05, 3.63) is 65.5 Å². The summed E-state index contributed by atoms with van der Waals surface area (Å²) >= 11 is 0. The van der Waals surface area contributed by atoms with Gasteiger partial charge in [-0.15, -0.1) is 0 Å². The number of amides is 1. The molecule has 0 aliphatic heterocycles. The molecule has 0 aromatic heterocycles. The number of carbonyl (C=O) groups is 1. The number of rotatable bonds is 5. The van der Waals surface area contributed by atoms with Gasteiger partial charge in [0.25, 0.3) is 5.91 Å². The summed E-state index contributed by atoms with van der Waals surface area (Å²) in [5, 5.41) is 12.0. The van der Waals surface area contributed by atoms with E-state index < -0.39 is 17.8 Å². The van der Waals surface area contributed by atoms with Crippen LogP contribution in [0.25, 0.3) is 0 Å². The second-order valence-corrected chi connectivity index (χ2v) is 4.78. The first kappa shape index (κ1) is 15.0. The third-order valence-corrected chi connectivity index (χ3v) is 3.12. The zero-order valence-electron chi connectivity index (χ0n) is 11.4. The number of nitrogens with two attached hydrogens (primary N) is 1. The first-order chi connectivity index (χ1) is 10.1. The Morgan fingerprint density at radius 3 is 2.57 bits per heavy atom. The number of anilines is 1. The zero-order chi connectivity index (χ0) is 15.2. The van der Waals surface area contributed by atoms with Crippen LogP contribution in [0, 0.1) is 5.82 Å². The van der Waals surface area contributed by atoms with Crippen LogP contribution in [0.1, 0.15) is 15.9 Å². The van der Waals surface area contributed by atoms with Crippen LogP contribution in [0.2, 0.25) is 0 Å². The van der Waals surface area contributed by atoms with Crippen molar-refractivity contribution in [2.24, 2.45) is 0 Å². The van der Waals surface area contributed by atoms with E-state index in [0.29, 0.717) is 6.42 Å². The standard InChI is InChI=1S/C16H17FN2O2/c17-15-9-12(18)6-7-14(15)16(21)19-13(10-20)8-11-4-2-1-3-5-11/h1-7,9,13,20H,8,10,18H2,(H,19,21)/t13-/m1/s1. The highest BCUT2D eigenvalue weighted by Gasteiger charge is 2.16. The van der Waals surface area contributed by atoms with Gasteiger partial charge in [-0.2, -0.15) is 0 Å². The minimum Gasteiger partial charge on any atom is -0.399 e. The maximum Gasteiger partial charge on any atom is 0.254 e. The van der Waals surface area contributed by atoms with E-state index in [0.717, 1.165) is 11.6 Å². The molecule has 4 N–H and O–H groups in total.